The monoisotopic (exact) mass is 889 g/mol. The fraction of sp³-hybridized carbons (Fsp3) is 0.333. The summed E-state index contributed by atoms with van der Waals surface area (Å²) in [5, 5.41) is 1.52. The first kappa shape index (κ1) is 46.0. The van der Waals surface area contributed by atoms with E-state index in [1.807, 2.05) is 0 Å². The van der Waals surface area contributed by atoms with Crippen LogP contribution in [0.1, 0.15) is 148 Å². The van der Waals surface area contributed by atoms with Crippen LogP contribution < -0.4 is 5.30 Å². The van der Waals surface area contributed by atoms with Crippen LogP contribution in [0.5, 0.6) is 0 Å². The third-order valence-corrected chi connectivity index (χ3v) is 17.8. The van der Waals surface area contributed by atoms with Gasteiger partial charge in [0, 0.05) is 24.2 Å². The smallest absolute Gasteiger partial charge is 0.170 e. The van der Waals surface area contributed by atoms with Gasteiger partial charge in [0.05, 0.1) is 13.2 Å². The first-order valence-corrected chi connectivity index (χ1v) is 26.1. The maximum Gasteiger partial charge on any atom is 0.170 e. The van der Waals surface area contributed by atoms with Gasteiger partial charge in [0.25, 0.3) is 0 Å². The standard InChI is InChI=1S/C63H69O2P/c1-40(2)54-34-48(50-28-19-17-22-44(50)9)35-55(41(3)4)60(54)52-30-21-31-53(61-56(42(5)6)36-49(37-57(61)43(7)8)51-29-20-18-23-45(51)10)62(52)66-58(46-24-13-11-14-25-46)38-63(64-32-33-65-63)39-59(66)47-26-15-12-16-27-47/h11-31,34-37,40-43,58-59H,32-33,38-39H2,1-10H3. The van der Waals surface area contributed by atoms with E-state index in [9.17, 15) is 0 Å². The SMILES string of the molecule is Cc1ccccc1-c1cc(C(C)C)c(-c2cccc(-c3c(C(C)C)cc(-c4ccccc4C)cc3C(C)C)c2P2C(c3ccccc3)CC3(CC2c2ccccc2)OCCO3)c(C(C)C)c1. The van der Waals surface area contributed by atoms with Gasteiger partial charge in [0.1, 0.15) is 0 Å². The average Bonchev–Trinajstić information content (AvgIpc) is 3.78. The Morgan fingerprint density at radius 1 is 0.424 bits per heavy atom. The largest absolute Gasteiger partial charge is 0.347 e. The van der Waals surface area contributed by atoms with Gasteiger partial charge in [-0.25, -0.2) is 0 Å². The summed E-state index contributed by atoms with van der Waals surface area (Å²) < 4.78 is 13.6. The van der Waals surface area contributed by atoms with Crippen molar-refractivity contribution < 1.29 is 9.47 Å². The van der Waals surface area contributed by atoms with Crippen molar-refractivity contribution >= 4 is 13.2 Å². The van der Waals surface area contributed by atoms with E-state index >= 15 is 0 Å². The van der Waals surface area contributed by atoms with Crippen LogP contribution in [0.4, 0.5) is 0 Å². The summed E-state index contributed by atoms with van der Waals surface area (Å²) in [5.74, 6) is 0.531. The molecule has 3 heteroatoms. The van der Waals surface area contributed by atoms with Crippen LogP contribution >= 0.6 is 7.92 Å². The number of benzene rings is 7. The molecule has 0 N–H and O–H groups in total. The van der Waals surface area contributed by atoms with E-state index < -0.39 is 13.7 Å². The quantitative estimate of drug-likeness (QED) is 0.121. The molecule has 2 nitrogen and oxygen atoms in total. The van der Waals surface area contributed by atoms with Gasteiger partial charge < -0.3 is 9.47 Å². The molecule has 7 aromatic rings. The minimum atomic E-state index is -0.977. The van der Waals surface area contributed by atoms with Crippen molar-refractivity contribution in [1.82, 2.24) is 0 Å². The predicted octanol–water partition coefficient (Wildman–Crippen LogP) is 17.6. The molecule has 0 saturated carbocycles. The van der Waals surface area contributed by atoms with E-state index in [4.69, 9.17) is 9.47 Å². The van der Waals surface area contributed by atoms with Gasteiger partial charge in [-0.05, 0) is 132 Å². The van der Waals surface area contributed by atoms with Crippen LogP contribution in [-0.2, 0) is 9.47 Å². The number of rotatable bonds is 11. The predicted molar refractivity (Wildman–Crippen MR) is 283 cm³/mol. The van der Waals surface area contributed by atoms with Crippen LogP contribution in [0.3, 0.4) is 0 Å². The summed E-state index contributed by atoms with van der Waals surface area (Å²) in [6.07, 6.45) is 1.64. The van der Waals surface area contributed by atoms with Crippen LogP contribution in [0, 0.1) is 13.8 Å². The number of aryl methyl sites for hydroxylation is 2. The van der Waals surface area contributed by atoms with Crippen molar-refractivity contribution in [3.05, 3.63) is 196 Å². The van der Waals surface area contributed by atoms with E-state index in [2.05, 4.69) is 221 Å². The van der Waals surface area contributed by atoms with E-state index in [0.29, 0.717) is 36.9 Å². The lowest BCUT2D eigenvalue weighted by molar-refractivity contribution is -0.170. The Hall–Kier alpha value is -5.11. The van der Waals surface area contributed by atoms with E-state index in [-0.39, 0.29) is 11.3 Å². The lowest BCUT2D eigenvalue weighted by atomic mass is 9.79. The topological polar surface area (TPSA) is 18.5 Å². The van der Waals surface area contributed by atoms with Crippen LogP contribution in [0.2, 0.25) is 0 Å². The Labute approximate surface area is 397 Å². The van der Waals surface area contributed by atoms with Crippen molar-refractivity contribution in [2.75, 3.05) is 13.2 Å². The van der Waals surface area contributed by atoms with Crippen LogP contribution in [0.25, 0.3) is 44.5 Å². The molecular formula is C63H69O2P. The Morgan fingerprint density at radius 2 is 0.758 bits per heavy atom. The Balaban J connectivity index is 1.44. The van der Waals surface area contributed by atoms with E-state index in [1.54, 1.807) is 0 Å². The molecule has 0 aliphatic carbocycles. The molecule has 2 aliphatic rings. The molecule has 338 valence electrons. The van der Waals surface area contributed by atoms with Gasteiger partial charge in [-0.1, -0.05) is 215 Å². The molecule has 2 fully saturated rings. The number of ether oxygens (including phenoxy) is 2. The van der Waals surface area contributed by atoms with Crippen molar-refractivity contribution in [1.29, 1.82) is 0 Å². The van der Waals surface area contributed by atoms with Crippen molar-refractivity contribution in [2.24, 2.45) is 0 Å². The molecule has 7 aromatic carbocycles. The van der Waals surface area contributed by atoms with Crippen LogP contribution in [0.15, 0.2) is 152 Å². The molecule has 2 aliphatic heterocycles. The summed E-state index contributed by atoms with van der Waals surface area (Å²) in [6, 6.07) is 58.1. The van der Waals surface area contributed by atoms with Crippen molar-refractivity contribution in [3.8, 4) is 44.5 Å². The zero-order chi connectivity index (χ0) is 46.3. The highest BCUT2D eigenvalue weighted by atomic mass is 31.1. The second kappa shape index (κ2) is 19.2. The molecule has 66 heavy (non-hydrogen) atoms. The van der Waals surface area contributed by atoms with Crippen molar-refractivity contribution in [2.45, 2.75) is 123 Å². The van der Waals surface area contributed by atoms with E-state index in [0.717, 1.165) is 12.8 Å². The van der Waals surface area contributed by atoms with Crippen LogP contribution in [-0.4, -0.2) is 19.0 Å². The number of hydrogen-bond donors (Lipinski definition) is 0. The minimum absolute atomic E-state index is 0.172. The van der Waals surface area contributed by atoms with Gasteiger partial charge in [0.15, 0.2) is 5.79 Å². The highest BCUT2D eigenvalue weighted by molar-refractivity contribution is 7.67. The first-order valence-electron chi connectivity index (χ1n) is 24.6. The second-order valence-corrected chi connectivity index (χ2v) is 22.8. The maximum absolute atomic E-state index is 6.82. The van der Waals surface area contributed by atoms with Gasteiger partial charge in [0.2, 0.25) is 0 Å². The zero-order valence-electron chi connectivity index (χ0n) is 41.0. The normalized spacial score (nSPS) is 18.3. The molecule has 9 rings (SSSR count). The molecule has 0 aromatic heterocycles. The third-order valence-electron chi connectivity index (χ3n) is 14.5. The number of hydrogen-bond acceptors (Lipinski definition) is 2. The highest BCUT2D eigenvalue weighted by Crippen LogP contribution is 2.71. The van der Waals surface area contributed by atoms with Crippen molar-refractivity contribution in [3.63, 3.8) is 0 Å². The summed E-state index contributed by atoms with van der Waals surface area (Å²) in [7, 11) is -0.977. The average molecular weight is 889 g/mol. The molecular weight excluding hydrogens is 820 g/mol. The molecule has 0 amide bonds. The Bertz CT molecular complexity index is 2570. The summed E-state index contributed by atoms with van der Waals surface area (Å²) in [4.78, 5) is 0. The molecule has 2 saturated heterocycles. The highest BCUT2D eigenvalue weighted by Gasteiger charge is 2.52. The van der Waals surface area contributed by atoms with Gasteiger partial charge >= 0.3 is 0 Å². The maximum atomic E-state index is 6.82. The molecule has 0 bridgehead atoms. The molecule has 2 unspecified atom stereocenters. The molecule has 1 spiro atoms. The molecule has 2 atom stereocenters. The molecule has 2 heterocycles. The molecule has 0 radical (unpaired) electrons. The minimum Gasteiger partial charge on any atom is -0.347 e. The summed E-state index contributed by atoms with van der Waals surface area (Å²) in [5.41, 5.74) is 22.2. The lowest BCUT2D eigenvalue weighted by Gasteiger charge is -2.48. The lowest BCUT2D eigenvalue weighted by Crippen LogP contribution is -2.39. The summed E-state index contributed by atoms with van der Waals surface area (Å²) >= 11 is 0. The van der Waals surface area contributed by atoms with E-state index in [1.165, 1.54) is 94.3 Å². The zero-order valence-corrected chi connectivity index (χ0v) is 41.9. The third kappa shape index (κ3) is 8.78. The fourth-order valence-corrected chi connectivity index (χ4v) is 15.1. The summed E-state index contributed by atoms with van der Waals surface area (Å²) in [6.45, 7) is 25.0. The van der Waals surface area contributed by atoms with Gasteiger partial charge in [-0.3, -0.25) is 0 Å². The first-order chi connectivity index (χ1) is 31.9. The Morgan fingerprint density at radius 3 is 1.11 bits per heavy atom. The second-order valence-electron chi connectivity index (χ2n) is 20.3. The fourth-order valence-electron chi connectivity index (χ4n) is 11.2. The Kier molecular flexibility index (Phi) is 13.4. The van der Waals surface area contributed by atoms with Gasteiger partial charge in [-0.15, -0.1) is 0 Å². The van der Waals surface area contributed by atoms with Gasteiger partial charge in [-0.2, -0.15) is 0 Å².